The summed E-state index contributed by atoms with van der Waals surface area (Å²) in [6.07, 6.45) is 9.56. The van der Waals surface area contributed by atoms with Crippen molar-refractivity contribution in [1.82, 2.24) is 0 Å². The molecular formula is C11H13N. The van der Waals surface area contributed by atoms with Gasteiger partial charge in [0.15, 0.2) is 0 Å². The van der Waals surface area contributed by atoms with E-state index in [0.717, 1.165) is 12.1 Å². The molecule has 1 heteroatoms. The lowest BCUT2D eigenvalue weighted by atomic mass is 9.98. The first-order valence-corrected chi connectivity index (χ1v) is 4.40. The van der Waals surface area contributed by atoms with Crippen LogP contribution in [-0.4, -0.2) is 5.71 Å². The minimum atomic E-state index is 0.605. The molecule has 0 aromatic rings. The van der Waals surface area contributed by atoms with Gasteiger partial charge in [0.05, 0.1) is 0 Å². The highest BCUT2D eigenvalue weighted by Gasteiger charge is 2.17. The molecule has 1 nitrogen and oxygen atoms in total. The third-order valence-electron chi connectivity index (χ3n) is 2.55. The number of hydrogen-bond donors (Lipinski definition) is 0. The van der Waals surface area contributed by atoms with Crippen molar-refractivity contribution >= 4 is 5.71 Å². The second-order valence-corrected chi connectivity index (χ2v) is 3.39. The number of hydrogen-bond acceptors (Lipinski definition) is 1. The van der Waals surface area contributed by atoms with Crippen molar-refractivity contribution in [3.63, 3.8) is 0 Å². The SMILES string of the molecule is CC1=NC=CCC2=C1C=CC2C. The van der Waals surface area contributed by atoms with Gasteiger partial charge >= 0.3 is 0 Å². The first-order chi connectivity index (χ1) is 5.79. The molecule has 1 aliphatic heterocycles. The highest BCUT2D eigenvalue weighted by molar-refractivity contribution is 6.02. The van der Waals surface area contributed by atoms with Crippen LogP contribution in [0.25, 0.3) is 0 Å². The third-order valence-corrected chi connectivity index (χ3v) is 2.55. The molecule has 0 radical (unpaired) electrons. The summed E-state index contributed by atoms with van der Waals surface area (Å²) < 4.78 is 0. The lowest BCUT2D eigenvalue weighted by Crippen LogP contribution is -1.97. The molecule has 0 spiro atoms. The van der Waals surface area contributed by atoms with Crippen LogP contribution in [0.4, 0.5) is 0 Å². The quantitative estimate of drug-likeness (QED) is 0.515. The van der Waals surface area contributed by atoms with E-state index in [4.69, 9.17) is 0 Å². The van der Waals surface area contributed by atoms with Gasteiger partial charge in [0.25, 0.3) is 0 Å². The topological polar surface area (TPSA) is 12.4 Å². The molecule has 62 valence electrons. The van der Waals surface area contributed by atoms with Crippen molar-refractivity contribution < 1.29 is 0 Å². The molecule has 0 bridgehead atoms. The molecular weight excluding hydrogens is 146 g/mol. The summed E-state index contributed by atoms with van der Waals surface area (Å²) in [5, 5.41) is 0. The Morgan fingerprint density at radius 1 is 1.50 bits per heavy atom. The van der Waals surface area contributed by atoms with Crippen molar-refractivity contribution in [3.05, 3.63) is 35.6 Å². The Balaban J connectivity index is 2.46. The highest BCUT2D eigenvalue weighted by Crippen LogP contribution is 2.30. The monoisotopic (exact) mass is 159 g/mol. The second-order valence-electron chi connectivity index (χ2n) is 3.39. The molecule has 0 saturated carbocycles. The van der Waals surface area contributed by atoms with E-state index in [-0.39, 0.29) is 0 Å². The summed E-state index contributed by atoms with van der Waals surface area (Å²) in [6, 6.07) is 0. The average molecular weight is 159 g/mol. The summed E-state index contributed by atoms with van der Waals surface area (Å²) in [5.74, 6) is 0.605. The van der Waals surface area contributed by atoms with Crippen LogP contribution in [0, 0.1) is 5.92 Å². The highest BCUT2D eigenvalue weighted by atomic mass is 14.7. The molecule has 0 amide bonds. The van der Waals surface area contributed by atoms with Gasteiger partial charge < -0.3 is 0 Å². The van der Waals surface area contributed by atoms with Gasteiger partial charge in [-0.1, -0.05) is 30.7 Å². The normalized spacial score (nSPS) is 27.2. The Morgan fingerprint density at radius 2 is 2.33 bits per heavy atom. The van der Waals surface area contributed by atoms with Gasteiger partial charge in [-0.2, -0.15) is 0 Å². The molecule has 0 saturated heterocycles. The van der Waals surface area contributed by atoms with Crippen LogP contribution < -0.4 is 0 Å². The molecule has 2 rings (SSSR count). The fourth-order valence-electron chi connectivity index (χ4n) is 1.77. The summed E-state index contributed by atoms with van der Waals surface area (Å²) in [7, 11) is 0. The zero-order chi connectivity index (χ0) is 8.55. The minimum Gasteiger partial charge on any atom is -0.261 e. The predicted molar refractivity (Wildman–Crippen MR) is 52.2 cm³/mol. The van der Waals surface area contributed by atoms with Gasteiger partial charge in [0.1, 0.15) is 0 Å². The van der Waals surface area contributed by atoms with Gasteiger partial charge in [-0.3, -0.25) is 4.99 Å². The predicted octanol–water partition coefficient (Wildman–Crippen LogP) is 2.87. The number of allylic oxidation sites excluding steroid dienone is 5. The minimum absolute atomic E-state index is 0.605. The van der Waals surface area contributed by atoms with Crippen LogP contribution in [-0.2, 0) is 0 Å². The van der Waals surface area contributed by atoms with Gasteiger partial charge in [0.2, 0.25) is 0 Å². The Morgan fingerprint density at radius 3 is 3.17 bits per heavy atom. The third kappa shape index (κ3) is 1.06. The maximum Gasteiger partial charge on any atom is 0.0444 e. The van der Waals surface area contributed by atoms with E-state index < -0.39 is 0 Å². The molecule has 0 N–H and O–H groups in total. The van der Waals surface area contributed by atoms with Gasteiger partial charge in [-0.25, -0.2) is 0 Å². The maximum absolute atomic E-state index is 4.33. The Bertz CT molecular complexity index is 316. The number of nitrogens with zero attached hydrogens (tertiary/aromatic N) is 1. The molecule has 1 atom stereocenters. The van der Waals surface area contributed by atoms with E-state index in [0.29, 0.717) is 5.92 Å². The Kier molecular flexibility index (Phi) is 1.72. The van der Waals surface area contributed by atoms with Crippen molar-refractivity contribution in [1.29, 1.82) is 0 Å². The zero-order valence-corrected chi connectivity index (χ0v) is 7.54. The van der Waals surface area contributed by atoms with Crippen LogP contribution >= 0.6 is 0 Å². The lowest BCUT2D eigenvalue weighted by Gasteiger charge is -2.06. The number of aliphatic imine (C=N–C) groups is 1. The molecule has 0 aromatic carbocycles. The van der Waals surface area contributed by atoms with Crippen LogP contribution in [0.5, 0.6) is 0 Å². The summed E-state index contributed by atoms with van der Waals surface area (Å²) >= 11 is 0. The first kappa shape index (κ1) is 7.53. The summed E-state index contributed by atoms with van der Waals surface area (Å²) in [5.41, 5.74) is 4.02. The standard InChI is InChI=1S/C11H13N/c1-8-5-6-11-9(2)12-7-3-4-10(8)11/h3,5-8H,4H2,1-2H3. The van der Waals surface area contributed by atoms with E-state index in [1.807, 2.05) is 6.20 Å². The second kappa shape index (κ2) is 2.74. The summed E-state index contributed by atoms with van der Waals surface area (Å²) in [4.78, 5) is 4.33. The first-order valence-electron chi connectivity index (χ1n) is 4.40. The Hall–Kier alpha value is -1.11. The van der Waals surface area contributed by atoms with Crippen LogP contribution in [0.15, 0.2) is 40.6 Å². The van der Waals surface area contributed by atoms with Crippen molar-refractivity contribution in [2.75, 3.05) is 0 Å². The molecule has 1 unspecified atom stereocenters. The Labute approximate surface area is 73.2 Å². The maximum atomic E-state index is 4.33. The van der Waals surface area contributed by atoms with E-state index in [1.165, 1.54) is 11.1 Å². The van der Waals surface area contributed by atoms with E-state index in [2.05, 4.69) is 37.1 Å². The van der Waals surface area contributed by atoms with Crippen LogP contribution in [0.2, 0.25) is 0 Å². The van der Waals surface area contributed by atoms with Gasteiger partial charge in [0, 0.05) is 11.9 Å². The number of rotatable bonds is 0. The largest absolute Gasteiger partial charge is 0.261 e. The molecule has 2 aliphatic rings. The van der Waals surface area contributed by atoms with Crippen LogP contribution in [0.1, 0.15) is 20.3 Å². The summed E-state index contributed by atoms with van der Waals surface area (Å²) in [6.45, 7) is 4.32. The van der Waals surface area contributed by atoms with Gasteiger partial charge in [-0.15, -0.1) is 0 Å². The van der Waals surface area contributed by atoms with Gasteiger partial charge in [-0.05, 0) is 24.8 Å². The lowest BCUT2D eigenvalue weighted by molar-refractivity contribution is 0.848. The average Bonchev–Trinajstić information content (AvgIpc) is 2.30. The zero-order valence-electron chi connectivity index (χ0n) is 7.54. The fraction of sp³-hybridized carbons (Fsp3) is 0.364. The van der Waals surface area contributed by atoms with Crippen molar-refractivity contribution in [2.45, 2.75) is 20.3 Å². The van der Waals surface area contributed by atoms with E-state index >= 15 is 0 Å². The molecule has 0 fully saturated rings. The van der Waals surface area contributed by atoms with E-state index in [1.54, 1.807) is 0 Å². The molecule has 12 heavy (non-hydrogen) atoms. The molecule has 1 heterocycles. The van der Waals surface area contributed by atoms with Crippen molar-refractivity contribution in [3.8, 4) is 0 Å². The van der Waals surface area contributed by atoms with E-state index in [9.17, 15) is 0 Å². The van der Waals surface area contributed by atoms with Crippen molar-refractivity contribution in [2.24, 2.45) is 10.9 Å². The molecule has 1 aliphatic carbocycles. The van der Waals surface area contributed by atoms with Crippen LogP contribution in [0.3, 0.4) is 0 Å². The smallest absolute Gasteiger partial charge is 0.0444 e. The molecule has 0 aromatic heterocycles. The fourth-order valence-corrected chi connectivity index (χ4v) is 1.77.